The van der Waals surface area contributed by atoms with Crippen LogP contribution in [0, 0.1) is 5.92 Å². The Balaban J connectivity index is 1.94. The Morgan fingerprint density at radius 2 is 1.96 bits per heavy atom. The number of amides is 1. The Morgan fingerprint density at radius 3 is 2.60 bits per heavy atom. The smallest absolute Gasteiger partial charge is 0.416 e. The van der Waals surface area contributed by atoms with Gasteiger partial charge in [-0.2, -0.15) is 13.2 Å². The fraction of sp³-hybridized carbons (Fsp3) is 0.412. The fourth-order valence-corrected chi connectivity index (χ4v) is 3.26. The summed E-state index contributed by atoms with van der Waals surface area (Å²) in [6.07, 6.45) is -3.34. The first-order chi connectivity index (χ1) is 11.7. The van der Waals surface area contributed by atoms with Crippen molar-refractivity contribution in [2.45, 2.75) is 19.0 Å². The number of rotatable bonds is 2. The lowest BCUT2D eigenvalue weighted by Crippen LogP contribution is -2.42. The predicted octanol–water partition coefficient (Wildman–Crippen LogP) is 3.13. The molecule has 0 spiro atoms. The van der Waals surface area contributed by atoms with Crippen LogP contribution in [0.25, 0.3) is 10.9 Å². The number of hydrogen-bond acceptors (Lipinski definition) is 2. The van der Waals surface area contributed by atoms with Gasteiger partial charge < -0.3 is 14.6 Å². The van der Waals surface area contributed by atoms with Crippen molar-refractivity contribution in [2.75, 3.05) is 13.1 Å². The van der Waals surface area contributed by atoms with E-state index in [1.54, 1.807) is 11.6 Å². The summed E-state index contributed by atoms with van der Waals surface area (Å²) in [7, 11) is 1.61. The number of aromatic nitrogens is 1. The highest BCUT2D eigenvalue weighted by molar-refractivity contribution is 5.99. The van der Waals surface area contributed by atoms with Crippen molar-refractivity contribution in [3.05, 3.63) is 35.5 Å². The number of alkyl halides is 3. The molecule has 1 aromatic heterocycles. The summed E-state index contributed by atoms with van der Waals surface area (Å²) < 4.78 is 40.1. The normalized spacial score (nSPS) is 18.6. The second-order valence-electron chi connectivity index (χ2n) is 6.29. The third-order valence-corrected chi connectivity index (χ3v) is 4.65. The first-order valence-electron chi connectivity index (χ1n) is 7.87. The highest BCUT2D eigenvalue weighted by Gasteiger charge is 2.32. The molecule has 1 atom stereocenters. The molecule has 0 bridgehead atoms. The Kier molecular flexibility index (Phi) is 4.22. The van der Waals surface area contributed by atoms with Crippen LogP contribution < -0.4 is 0 Å². The first-order valence-corrected chi connectivity index (χ1v) is 7.87. The number of piperidine rings is 1. The third kappa shape index (κ3) is 3.20. The van der Waals surface area contributed by atoms with Gasteiger partial charge in [-0.3, -0.25) is 9.59 Å². The van der Waals surface area contributed by atoms with Crippen LogP contribution in [0.5, 0.6) is 0 Å². The van der Waals surface area contributed by atoms with Crippen LogP contribution in [0.3, 0.4) is 0 Å². The molecule has 25 heavy (non-hydrogen) atoms. The lowest BCUT2D eigenvalue weighted by atomic mass is 9.98. The molecule has 3 rings (SSSR count). The van der Waals surface area contributed by atoms with E-state index in [4.69, 9.17) is 5.11 Å². The van der Waals surface area contributed by atoms with E-state index in [-0.39, 0.29) is 18.1 Å². The molecule has 0 aliphatic carbocycles. The van der Waals surface area contributed by atoms with E-state index in [2.05, 4.69) is 0 Å². The van der Waals surface area contributed by atoms with Gasteiger partial charge in [-0.05, 0) is 37.1 Å². The van der Waals surface area contributed by atoms with Gasteiger partial charge in [-0.25, -0.2) is 0 Å². The van der Waals surface area contributed by atoms with E-state index in [1.807, 2.05) is 0 Å². The zero-order chi connectivity index (χ0) is 18.4. The Hall–Kier alpha value is -2.51. The minimum atomic E-state index is -4.45. The molecular formula is C17H17F3N2O3. The van der Waals surface area contributed by atoms with Gasteiger partial charge in [0, 0.05) is 31.0 Å². The molecule has 134 valence electrons. The minimum Gasteiger partial charge on any atom is -0.481 e. The van der Waals surface area contributed by atoms with Crippen LogP contribution in [0.1, 0.15) is 28.9 Å². The average molecular weight is 354 g/mol. The van der Waals surface area contributed by atoms with Gasteiger partial charge in [-0.15, -0.1) is 0 Å². The van der Waals surface area contributed by atoms with Crippen molar-refractivity contribution < 1.29 is 27.9 Å². The standard InChI is InChI=1S/C17H17F3N2O3/c1-21-13-5-4-12(17(18,19)20)7-11(13)8-14(21)15(23)22-6-2-3-10(9-22)16(24)25/h4-5,7-8,10H,2-3,6,9H2,1H3,(H,24,25). The predicted molar refractivity (Wildman–Crippen MR) is 84.2 cm³/mol. The van der Waals surface area contributed by atoms with E-state index in [1.165, 1.54) is 17.0 Å². The molecule has 1 saturated heterocycles. The van der Waals surface area contributed by atoms with Crippen molar-refractivity contribution >= 4 is 22.8 Å². The number of aliphatic carboxylic acids is 1. The van der Waals surface area contributed by atoms with Crippen molar-refractivity contribution in [2.24, 2.45) is 13.0 Å². The van der Waals surface area contributed by atoms with E-state index in [9.17, 15) is 22.8 Å². The summed E-state index contributed by atoms with van der Waals surface area (Å²) in [6.45, 7) is 0.557. The number of nitrogens with zero attached hydrogens (tertiary/aromatic N) is 2. The molecule has 5 nitrogen and oxygen atoms in total. The van der Waals surface area contributed by atoms with E-state index in [0.717, 1.165) is 12.1 Å². The van der Waals surface area contributed by atoms with Crippen LogP contribution in [0.2, 0.25) is 0 Å². The summed E-state index contributed by atoms with van der Waals surface area (Å²) in [5.41, 5.74) is -0.00276. The number of halogens is 3. The summed E-state index contributed by atoms with van der Waals surface area (Å²) in [6, 6.07) is 4.77. The number of carbonyl (C=O) groups is 2. The summed E-state index contributed by atoms with van der Waals surface area (Å²) >= 11 is 0. The first kappa shape index (κ1) is 17.3. The molecule has 1 aliphatic heterocycles. The number of aryl methyl sites for hydroxylation is 1. The van der Waals surface area contributed by atoms with E-state index in [0.29, 0.717) is 30.3 Å². The van der Waals surface area contributed by atoms with Crippen LogP contribution >= 0.6 is 0 Å². The van der Waals surface area contributed by atoms with Gasteiger partial charge in [0.1, 0.15) is 5.69 Å². The highest BCUT2D eigenvalue weighted by atomic mass is 19.4. The van der Waals surface area contributed by atoms with Gasteiger partial charge in [0.05, 0.1) is 11.5 Å². The van der Waals surface area contributed by atoms with Gasteiger partial charge in [0.25, 0.3) is 5.91 Å². The average Bonchev–Trinajstić information content (AvgIpc) is 2.90. The van der Waals surface area contributed by atoms with Crippen LogP contribution in [0.4, 0.5) is 13.2 Å². The highest BCUT2D eigenvalue weighted by Crippen LogP contribution is 2.32. The van der Waals surface area contributed by atoms with Crippen molar-refractivity contribution in [3.8, 4) is 0 Å². The number of carbonyl (C=O) groups excluding carboxylic acids is 1. The molecule has 2 aromatic rings. The van der Waals surface area contributed by atoms with Crippen molar-refractivity contribution in [3.63, 3.8) is 0 Å². The molecule has 1 unspecified atom stereocenters. The molecule has 0 saturated carbocycles. The van der Waals surface area contributed by atoms with Gasteiger partial charge >= 0.3 is 12.1 Å². The quantitative estimate of drug-likeness (QED) is 0.901. The molecule has 1 amide bonds. The number of fused-ring (bicyclic) bond motifs is 1. The number of likely N-dealkylation sites (tertiary alicyclic amines) is 1. The summed E-state index contributed by atoms with van der Waals surface area (Å²) in [5.74, 6) is -1.91. The zero-order valence-corrected chi connectivity index (χ0v) is 13.5. The van der Waals surface area contributed by atoms with E-state index < -0.39 is 23.6 Å². The SMILES string of the molecule is Cn1c(C(=O)N2CCCC(C(=O)O)C2)cc2cc(C(F)(F)F)ccc21. The second-order valence-corrected chi connectivity index (χ2v) is 6.29. The van der Waals surface area contributed by atoms with Gasteiger partial charge in [-0.1, -0.05) is 0 Å². The molecule has 1 aromatic carbocycles. The molecule has 8 heteroatoms. The second kappa shape index (κ2) is 6.09. The van der Waals surface area contributed by atoms with Crippen LogP contribution in [-0.2, 0) is 18.0 Å². The number of benzene rings is 1. The number of carboxylic acid groups (broad SMARTS) is 1. The summed E-state index contributed by atoms with van der Waals surface area (Å²) in [5, 5.41) is 9.46. The molecule has 1 aliphatic rings. The van der Waals surface area contributed by atoms with Crippen LogP contribution in [-0.4, -0.2) is 39.5 Å². The Morgan fingerprint density at radius 1 is 1.24 bits per heavy atom. The van der Waals surface area contributed by atoms with Gasteiger partial charge in [0.15, 0.2) is 0 Å². The third-order valence-electron chi connectivity index (χ3n) is 4.65. The zero-order valence-electron chi connectivity index (χ0n) is 13.5. The number of carboxylic acids is 1. The molecule has 0 radical (unpaired) electrons. The van der Waals surface area contributed by atoms with Crippen molar-refractivity contribution in [1.29, 1.82) is 0 Å². The van der Waals surface area contributed by atoms with Gasteiger partial charge in [0.2, 0.25) is 0 Å². The maximum Gasteiger partial charge on any atom is 0.416 e. The number of hydrogen-bond donors (Lipinski definition) is 1. The lowest BCUT2D eigenvalue weighted by molar-refractivity contribution is -0.143. The maximum atomic E-state index is 12.9. The fourth-order valence-electron chi connectivity index (χ4n) is 3.26. The minimum absolute atomic E-state index is 0.115. The van der Waals surface area contributed by atoms with Crippen LogP contribution in [0.15, 0.2) is 24.3 Å². The Bertz CT molecular complexity index is 842. The van der Waals surface area contributed by atoms with E-state index >= 15 is 0 Å². The topological polar surface area (TPSA) is 62.5 Å². The lowest BCUT2D eigenvalue weighted by Gasteiger charge is -2.30. The molecular weight excluding hydrogens is 337 g/mol. The summed E-state index contributed by atoms with van der Waals surface area (Å²) in [4.78, 5) is 25.3. The largest absolute Gasteiger partial charge is 0.481 e. The molecule has 2 heterocycles. The molecule has 1 fully saturated rings. The Labute approximate surface area is 141 Å². The monoisotopic (exact) mass is 354 g/mol. The molecule has 1 N–H and O–H groups in total. The maximum absolute atomic E-state index is 12.9. The van der Waals surface area contributed by atoms with Crippen molar-refractivity contribution in [1.82, 2.24) is 9.47 Å².